The van der Waals surface area contributed by atoms with Crippen molar-refractivity contribution < 1.29 is 9.53 Å². The fourth-order valence-electron chi connectivity index (χ4n) is 2.70. The highest BCUT2D eigenvalue weighted by Crippen LogP contribution is 2.23. The monoisotopic (exact) mass is 403 g/mol. The molecule has 0 aliphatic carbocycles. The van der Waals surface area contributed by atoms with Gasteiger partial charge < -0.3 is 10.1 Å². The molecule has 0 aliphatic heterocycles. The summed E-state index contributed by atoms with van der Waals surface area (Å²) in [5.41, 5.74) is 4.11. The number of hydrogen-bond acceptors (Lipinski definition) is 4. The summed E-state index contributed by atoms with van der Waals surface area (Å²) in [6.45, 7) is 7.57. The van der Waals surface area contributed by atoms with Crippen LogP contribution in [0.4, 0.5) is 0 Å². The third kappa shape index (κ3) is 4.51. The number of thiophene rings is 1. The van der Waals surface area contributed by atoms with Crippen LogP contribution in [0.5, 0.6) is 5.75 Å². The van der Waals surface area contributed by atoms with Gasteiger partial charge in [-0.2, -0.15) is 5.10 Å². The second-order valence-electron chi connectivity index (χ2n) is 6.24. The first-order valence-corrected chi connectivity index (χ1v) is 10.00. The zero-order chi connectivity index (χ0) is 19.4. The van der Waals surface area contributed by atoms with Gasteiger partial charge in [0, 0.05) is 12.1 Å². The van der Waals surface area contributed by atoms with Gasteiger partial charge in [-0.25, -0.2) is 0 Å². The van der Waals surface area contributed by atoms with Crippen LogP contribution >= 0.6 is 22.9 Å². The number of rotatable bonds is 7. The summed E-state index contributed by atoms with van der Waals surface area (Å²) in [4.78, 5) is 13.1. The van der Waals surface area contributed by atoms with Crippen LogP contribution in [-0.4, -0.2) is 15.7 Å². The van der Waals surface area contributed by atoms with E-state index in [9.17, 15) is 4.79 Å². The van der Waals surface area contributed by atoms with E-state index in [-0.39, 0.29) is 5.91 Å². The highest BCUT2D eigenvalue weighted by atomic mass is 35.5. The topological polar surface area (TPSA) is 56.2 Å². The van der Waals surface area contributed by atoms with Gasteiger partial charge in [0.2, 0.25) is 0 Å². The number of halogens is 1. The lowest BCUT2D eigenvalue weighted by atomic mass is 10.1. The second-order valence-corrected chi connectivity index (χ2v) is 7.56. The van der Waals surface area contributed by atoms with E-state index in [1.54, 1.807) is 10.9 Å². The van der Waals surface area contributed by atoms with Crippen molar-refractivity contribution in [1.29, 1.82) is 0 Å². The molecule has 5 nitrogen and oxygen atoms in total. The predicted octanol–water partition coefficient (Wildman–Crippen LogP) is 4.74. The van der Waals surface area contributed by atoms with Crippen LogP contribution in [0.1, 0.15) is 39.0 Å². The molecule has 1 amide bonds. The summed E-state index contributed by atoms with van der Waals surface area (Å²) in [7, 11) is 0. The molecule has 0 radical (unpaired) electrons. The van der Waals surface area contributed by atoms with Crippen molar-refractivity contribution in [1.82, 2.24) is 15.1 Å². The molecule has 0 spiro atoms. The van der Waals surface area contributed by atoms with Crippen LogP contribution in [-0.2, 0) is 19.7 Å². The van der Waals surface area contributed by atoms with Crippen LogP contribution in [0, 0.1) is 13.8 Å². The maximum atomic E-state index is 12.4. The third-order valence-electron chi connectivity index (χ3n) is 4.44. The summed E-state index contributed by atoms with van der Waals surface area (Å²) in [5.74, 6) is 0.743. The van der Waals surface area contributed by atoms with E-state index in [2.05, 4.69) is 23.4 Å². The van der Waals surface area contributed by atoms with E-state index < -0.39 is 0 Å². The van der Waals surface area contributed by atoms with Gasteiger partial charge in [0.15, 0.2) is 0 Å². The van der Waals surface area contributed by atoms with Crippen molar-refractivity contribution in [2.75, 3.05) is 0 Å². The molecule has 1 N–H and O–H groups in total. The molecule has 0 atom stereocenters. The first-order valence-electron chi connectivity index (χ1n) is 8.74. The van der Waals surface area contributed by atoms with Gasteiger partial charge in [0.05, 0.1) is 28.3 Å². The van der Waals surface area contributed by atoms with Gasteiger partial charge >= 0.3 is 0 Å². The number of carbonyl (C=O) groups is 1. The lowest BCUT2D eigenvalue weighted by Gasteiger charge is -2.09. The quantitative estimate of drug-likeness (QED) is 0.619. The average Bonchev–Trinajstić information content (AvgIpc) is 3.27. The molecular weight excluding hydrogens is 382 g/mol. The Hall–Kier alpha value is -2.31. The molecule has 3 aromatic rings. The molecule has 0 aliphatic rings. The summed E-state index contributed by atoms with van der Waals surface area (Å²) in [6.07, 6.45) is 1.60. The van der Waals surface area contributed by atoms with Crippen molar-refractivity contribution in [2.45, 2.75) is 40.5 Å². The number of benzene rings is 1. The van der Waals surface area contributed by atoms with E-state index >= 15 is 0 Å². The molecule has 1 aromatic carbocycles. The number of ether oxygens (including phenoxy) is 1. The molecular formula is C20H22ClN3O2S. The zero-order valence-corrected chi connectivity index (χ0v) is 17.2. The maximum Gasteiger partial charge on any atom is 0.261 e. The zero-order valence-electron chi connectivity index (χ0n) is 15.6. The standard InChI is InChI=1S/C20H22ClN3O2S/c1-4-24-17(16(21)9-23-24)10-22-20(25)19-8-15(12-27-19)11-26-18-7-5-6-13(2)14(18)3/h5-9,12H,4,10-11H2,1-3H3,(H,22,25). The Morgan fingerprint density at radius 3 is 2.96 bits per heavy atom. The minimum Gasteiger partial charge on any atom is -0.489 e. The number of aromatic nitrogens is 2. The van der Waals surface area contributed by atoms with Crippen molar-refractivity contribution in [3.8, 4) is 5.75 Å². The number of nitrogens with one attached hydrogen (secondary N) is 1. The van der Waals surface area contributed by atoms with Gasteiger partial charge in [-0.15, -0.1) is 11.3 Å². The van der Waals surface area contributed by atoms with E-state index in [1.165, 1.54) is 16.9 Å². The Labute approximate surface area is 167 Å². The molecule has 27 heavy (non-hydrogen) atoms. The number of carbonyl (C=O) groups excluding carboxylic acids is 1. The normalized spacial score (nSPS) is 10.8. The smallest absolute Gasteiger partial charge is 0.261 e. The van der Waals surface area contributed by atoms with Gasteiger partial charge in [-0.3, -0.25) is 9.48 Å². The minimum atomic E-state index is -0.127. The first kappa shape index (κ1) is 19.5. The maximum absolute atomic E-state index is 12.4. The Morgan fingerprint density at radius 1 is 1.37 bits per heavy atom. The minimum absolute atomic E-state index is 0.127. The fraction of sp³-hybridized carbons (Fsp3) is 0.300. The van der Waals surface area contributed by atoms with Crippen molar-refractivity contribution in [2.24, 2.45) is 0 Å². The highest BCUT2D eigenvalue weighted by Gasteiger charge is 2.13. The molecule has 2 aromatic heterocycles. The fourth-order valence-corrected chi connectivity index (χ4v) is 3.72. The van der Waals surface area contributed by atoms with Crippen LogP contribution in [0.15, 0.2) is 35.8 Å². The summed E-state index contributed by atoms with van der Waals surface area (Å²) in [5, 5.41) is 9.59. The first-order chi connectivity index (χ1) is 13.0. The number of aryl methyl sites for hydroxylation is 2. The Morgan fingerprint density at radius 2 is 2.19 bits per heavy atom. The van der Waals surface area contributed by atoms with Gasteiger partial charge in [0.1, 0.15) is 12.4 Å². The molecule has 0 unspecified atom stereocenters. The molecule has 0 saturated heterocycles. The number of nitrogens with zero attached hydrogens (tertiary/aromatic N) is 2. The van der Waals surface area contributed by atoms with Crippen molar-refractivity contribution in [3.63, 3.8) is 0 Å². The highest BCUT2D eigenvalue weighted by molar-refractivity contribution is 7.12. The van der Waals surface area contributed by atoms with Crippen LogP contribution in [0.3, 0.4) is 0 Å². The van der Waals surface area contributed by atoms with E-state index in [0.717, 1.165) is 22.6 Å². The molecule has 142 valence electrons. The van der Waals surface area contributed by atoms with Crippen LogP contribution in [0.25, 0.3) is 0 Å². The predicted molar refractivity (Wildman–Crippen MR) is 109 cm³/mol. The molecule has 0 fully saturated rings. The van der Waals surface area contributed by atoms with Crippen molar-refractivity contribution >= 4 is 28.8 Å². The molecule has 0 bridgehead atoms. The van der Waals surface area contributed by atoms with Gasteiger partial charge in [-0.05, 0) is 49.4 Å². The average molecular weight is 404 g/mol. The lowest BCUT2D eigenvalue weighted by molar-refractivity contribution is 0.0954. The number of hydrogen-bond donors (Lipinski definition) is 1. The summed E-state index contributed by atoms with van der Waals surface area (Å²) >= 11 is 7.54. The largest absolute Gasteiger partial charge is 0.489 e. The lowest BCUT2D eigenvalue weighted by Crippen LogP contribution is -2.23. The molecule has 7 heteroatoms. The van der Waals surface area contributed by atoms with E-state index in [0.29, 0.717) is 29.6 Å². The Bertz CT molecular complexity index is 949. The molecule has 0 saturated carbocycles. The second kappa shape index (κ2) is 8.59. The number of amides is 1. The van der Waals surface area contributed by atoms with Crippen molar-refractivity contribution in [3.05, 3.63) is 68.1 Å². The third-order valence-corrected chi connectivity index (χ3v) is 5.73. The van der Waals surface area contributed by atoms with Gasteiger partial charge in [0.25, 0.3) is 5.91 Å². The van der Waals surface area contributed by atoms with E-state index in [4.69, 9.17) is 16.3 Å². The van der Waals surface area contributed by atoms with Crippen LogP contribution < -0.4 is 10.1 Å². The molecule has 3 rings (SSSR count). The summed E-state index contributed by atoms with van der Waals surface area (Å²) in [6, 6.07) is 7.87. The Balaban J connectivity index is 1.59. The SMILES string of the molecule is CCn1ncc(Cl)c1CNC(=O)c1cc(COc2cccc(C)c2C)cs1. The van der Waals surface area contributed by atoms with Gasteiger partial charge in [-0.1, -0.05) is 23.7 Å². The summed E-state index contributed by atoms with van der Waals surface area (Å²) < 4.78 is 7.69. The van der Waals surface area contributed by atoms with Crippen LogP contribution in [0.2, 0.25) is 5.02 Å². The molecule has 2 heterocycles. The van der Waals surface area contributed by atoms with E-state index in [1.807, 2.05) is 37.4 Å². The Kier molecular flexibility index (Phi) is 6.19.